The Kier molecular flexibility index (Phi) is 7.13. The lowest BCUT2D eigenvalue weighted by Gasteiger charge is -2.41. The van der Waals surface area contributed by atoms with Crippen molar-refractivity contribution in [1.29, 1.82) is 0 Å². The Morgan fingerprint density at radius 2 is 1.82 bits per heavy atom. The smallest absolute Gasteiger partial charge is 0.124 e. The molecule has 2 nitrogen and oxygen atoms in total. The van der Waals surface area contributed by atoms with Gasteiger partial charge in [-0.15, -0.1) is 12.4 Å². The van der Waals surface area contributed by atoms with Gasteiger partial charge in [-0.25, -0.2) is 4.39 Å². The van der Waals surface area contributed by atoms with Crippen LogP contribution in [0.25, 0.3) is 0 Å². The number of rotatable bonds is 3. The molecule has 2 fully saturated rings. The standard InChI is InChI=1S/C17H24BrFN2.ClH/c18-16-12-14(19)6-7-15(16)17(13-4-2-1-3-5-13)21-10-8-20-9-11-21;/h6-7,12-13,17,20H,1-5,8-11H2;1H/t17-;/m1./s1. The van der Waals surface area contributed by atoms with Gasteiger partial charge < -0.3 is 5.32 Å². The molecule has 1 aromatic carbocycles. The summed E-state index contributed by atoms with van der Waals surface area (Å²) in [5.41, 5.74) is 1.27. The zero-order valence-corrected chi connectivity index (χ0v) is 15.3. The molecule has 1 saturated carbocycles. The van der Waals surface area contributed by atoms with Gasteiger partial charge in [-0.2, -0.15) is 0 Å². The minimum absolute atomic E-state index is 0. The second kappa shape index (κ2) is 8.62. The van der Waals surface area contributed by atoms with Crippen LogP contribution in [0.2, 0.25) is 0 Å². The zero-order valence-electron chi connectivity index (χ0n) is 12.9. The van der Waals surface area contributed by atoms with Crippen molar-refractivity contribution in [3.05, 3.63) is 34.1 Å². The largest absolute Gasteiger partial charge is 0.314 e. The van der Waals surface area contributed by atoms with Gasteiger partial charge in [-0.1, -0.05) is 41.3 Å². The van der Waals surface area contributed by atoms with Crippen molar-refractivity contribution in [2.75, 3.05) is 26.2 Å². The molecule has 0 unspecified atom stereocenters. The number of hydrogen-bond acceptors (Lipinski definition) is 2. The number of nitrogens with zero attached hydrogens (tertiary/aromatic N) is 1. The lowest BCUT2D eigenvalue weighted by Crippen LogP contribution is -2.47. The Morgan fingerprint density at radius 1 is 1.14 bits per heavy atom. The summed E-state index contributed by atoms with van der Waals surface area (Å²) < 4.78 is 14.4. The van der Waals surface area contributed by atoms with Crippen LogP contribution in [0.15, 0.2) is 22.7 Å². The van der Waals surface area contributed by atoms with Crippen molar-refractivity contribution >= 4 is 28.3 Å². The fourth-order valence-corrected chi connectivity index (χ4v) is 4.49. The van der Waals surface area contributed by atoms with Crippen LogP contribution in [0.3, 0.4) is 0 Å². The summed E-state index contributed by atoms with van der Waals surface area (Å²) in [5.74, 6) is 0.548. The van der Waals surface area contributed by atoms with E-state index in [0.29, 0.717) is 12.0 Å². The molecule has 1 aromatic rings. The van der Waals surface area contributed by atoms with Crippen LogP contribution in [0.1, 0.15) is 43.7 Å². The maximum absolute atomic E-state index is 13.4. The molecular weight excluding hydrogens is 367 g/mol. The van der Waals surface area contributed by atoms with Crippen LogP contribution in [0.4, 0.5) is 4.39 Å². The van der Waals surface area contributed by atoms with Crippen molar-refractivity contribution in [1.82, 2.24) is 10.2 Å². The topological polar surface area (TPSA) is 15.3 Å². The molecule has 0 bridgehead atoms. The third kappa shape index (κ3) is 4.22. The van der Waals surface area contributed by atoms with E-state index in [2.05, 4.69) is 26.1 Å². The quantitative estimate of drug-likeness (QED) is 0.814. The molecule has 1 aliphatic heterocycles. The number of benzene rings is 1. The predicted octanol–water partition coefficient (Wildman–Crippen LogP) is 4.54. The average Bonchev–Trinajstić information content (AvgIpc) is 2.52. The van der Waals surface area contributed by atoms with Crippen molar-refractivity contribution in [3.63, 3.8) is 0 Å². The monoisotopic (exact) mass is 390 g/mol. The fourth-order valence-electron chi connectivity index (χ4n) is 3.90. The minimum atomic E-state index is -0.159. The van der Waals surface area contributed by atoms with Crippen LogP contribution in [0, 0.1) is 11.7 Å². The van der Waals surface area contributed by atoms with Crippen LogP contribution < -0.4 is 5.32 Å². The molecule has 22 heavy (non-hydrogen) atoms. The van der Waals surface area contributed by atoms with Crippen LogP contribution in [0.5, 0.6) is 0 Å². The molecule has 2 aliphatic rings. The summed E-state index contributed by atoms with van der Waals surface area (Å²) in [4.78, 5) is 2.60. The molecule has 0 spiro atoms. The molecule has 124 valence electrons. The molecule has 1 saturated heterocycles. The van der Waals surface area contributed by atoms with E-state index < -0.39 is 0 Å². The first-order valence-electron chi connectivity index (χ1n) is 8.15. The molecule has 0 aromatic heterocycles. The predicted molar refractivity (Wildman–Crippen MR) is 95.1 cm³/mol. The van der Waals surface area contributed by atoms with Gasteiger partial charge in [0.15, 0.2) is 0 Å². The van der Waals surface area contributed by atoms with Crippen LogP contribution in [-0.2, 0) is 0 Å². The van der Waals surface area contributed by atoms with Gasteiger partial charge in [0.05, 0.1) is 0 Å². The van der Waals surface area contributed by atoms with E-state index in [0.717, 1.165) is 30.7 Å². The normalized spacial score (nSPS) is 22.1. The van der Waals surface area contributed by atoms with Crippen LogP contribution >= 0.6 is 28.3 Å². The molecule has 1 aliphatic carbocycles. The second-order valence-electron chi connectivity index (χ2n) is 6.29. The second-order valence-corrected chi connectivity index (χ2v) is 7.15. The highest BCUT2D eigenvalue weighted by Gasteiger charge is 2.32. The number of halogens is 3. The van der Waals surface area contributed by atoms with E-state index in [1.54, 1.807) is 12.1 Å². The van der Waals surface area contributed by atoms with Gasteiger partial charge in [-0.05, 0) is 36.5 Å². The molecule has 1 N–H and O–H groups in total. The van der Waals surface area contributed by atoms with E-state index in [9.17, 15) is 4.39 Å². The molecule has 1 atom stereocenters. The van der Waals surface area contributed by atoms with Gasteiger partial charge in [-0.3, -0.25) is 4.90 Å². The first kappa shape index (κ1) is 18.2. The summed E-state index contributed by atoms with van der Waals surface area (Å²) in [5, 5.41) is 3.43. The number of piperazine rings is 1. The molecule has 1 heterocycles. The first-order chi connectivity index (χ1) is 10.3. The minimum Gasteiger partial charge on any atom is -0.314 e. The summed E-state index contributed by atoms with van der Waals surface area (Å²) in [6.07, 6.45) is 6.66. The van der Waals surface area contributed by atoms with Gasteiger partial charge in [0, 0.05) is 36.7 Å². The number of nitrogens with one attached hydrogen (secondary N) is 1. The van der Waals surface area contributed by atoms with E-state index in [-0.39, 0.29) is 18.2 Å². The third-order valence-electron chi connectivity index (χ3n) is 4.92. The Hall–Kier alpha value is -0.160. The third-order valence-corrected chi connectivity index (χ3v) is 5.61. The first-order valence-corrected chi connectivity index (χ1v) is 8.95. The maximum atomic E-state index is 13.4. The fraction of sp³-hybridized carbons (Fsp3) is 0.647. The van der Waals surface area contributed by atoms with Gasteiger partial charge >= 0.3 is 0 Å². The SMILES string of the molecule is Cl.Fc1ccc([C@@H](C2CCCCC2)N2CCNCC2)c(Br)c1. The Bertz CT molecular complexity index is 456. The lowest BCUT2D eigenvalue weighted by atomic mass is 9.80. The van der Waals surface area contributed by atoms with E-state index >= 15 is 0 Å². The zero-order chi connectivity index (χ0) is 14.7. The summed E-state index contributed by atoms with van der Waals surface area (Å²) in [7, 11) is 0. The Balaban J connectivity index is 0.00000176. The van der Waals surface area contributed by atoms with Gasteiger partial charge in [0.1, 0.15) is 5.82 Å². The Morgan fingerprint density at radius 3 is 2.45 bits per heavy atom. The maximum Gasteiger partial charge on any atom is 0.124 e. The van der Waals surface area contributed by atoms with E-state index in [1.807, 2.05) is 6.07 Å². The molecule has 5 heteroatoms. The molecule has 3 rings (SSSR count). The summed E-state index contributed by atoms with van der Waals surface area (Å²) >= 11 is 3.60. The van der Waals surface area contributed by atoms with Gasteiger partial charge in [0.2, 0.25) is 0 Å². The van der Waals surface area contributed by atoms with E-state index in [4.69, 9.17) is 0 Å². The van der Waals surface area contributed by atoms with Crippen molar-refractivity contribution in [3.8, 4) is 0 Å². The molecular formula is C17H25BrClFN2. The summed E-state index contributed by atoms with van der Waals surface area (Å²) in [6.45, 7) is 4.29. The average molecular weight is 392 g/mol. The lowest BCUT2D eigenvalue weighted by molar-refractivity contribution is 0.103. The van der Waals surface area contributed by atoms with Gasteiger partial charge in [0.25, 0.3) is 0 Å². The highest BCUT2D eigenvalue weighted by Crippen LogP contribution is 2.41. The van der Waals surface area contributed by atoms with Crippen LogP contribution in [-0.4, -0.2) is 31.1 Å². The van der Waals surface area contributed by atoms with Crippen molar-refractivity contribution in [2.45, 2.75) is 38.1 Å². The summed E-state index contributed by atoms with van der Waals surface area (Å²) in [6, 6.07) is 5.65. The molecule has 0 radical (unpaired) electrons. The van der Waals surface area contributed by atoms with E-state index in [1.165, 1.54) is 37.7 Å². The highest BCUT2D eigenvalue weighted by molar-refractivity contribution is 9.10. The van der Waals surface area contributed by atoms with Crippen molar-refractivity contribution in [2.24, 2.45) is 5.92 Å². The van der Waals surface area contributed by atoms with Crippen molar-refractivity contribution < 1.29 is 4.39 Å². The number of hydrogen-bond donors (Lipinski definition) is 1. The molecule has 0 amide bonds. The highest BCUT2D eigenvalue weighted by atomic mass is 79.9. The Labute approximate surface area is 147 Å².